The number of rotatable bonds is 9. The van der Waals surface area contributed by atoms with Gasteiger partial charge < -0.3 is 19.7 Å². The molecule has 162 valence electrons. The molecule has 30 heavy (non-hydrogen) atoms. The van der Waals surface area contributed by atoms with E-state index in [1.807, 2.05) is 31.5 Å². The van der Waals surface area contributed by atoms with Gasteiger partial charge in [0.15, 0.2) is 11.7 Å². The summed E-state index contributed by atoms with van der Waals surface area (Å²) in [5.41, 5.74) is 2.28. The van der Waals surface area contributed by atoms with Gasteiger partial charge in [-0.1, -0.05) is 49.3 Å². The zero-order valence-corrected chi connectivity index (χ0v) is 20.2. The third kappa shape index (κ3) is 7.16. The fourth-order valence-electron chi connectivity index (χ4n) is 2.94. The first kappa shape index (κ1) is 23.9. The molecule has 0 aliphatic rings. The van der Waals surface area contributed by atoms with Gasteiger partial charge in [0.25, 0.3) is 0 Å². The maximum Gasteiger partial charge on any atom is 0.192 e. The molecule has 0 bridgehead atoms. The average molecular weight is 522 g/mol. The molecule has 2 aromatic heterocycles. The summed E-state index contributed by atoms with van der Waals surface area (Å²) in [6.45, 7) is 8.94. The largest absolute Gasteiger partial charge is 0.359 e. The standard InChI is InChI=1S/C22H30N6O.HI/c1-4-23-22(25-15-19-14-20(17(2)3)27-29-19)26-16-21-24-11-13-28(21)12-10-18-8-6-5-7-9-18;/h5-9,11,13-14,17H,4,10,12,15-16H2,1-3H3,(H2,23,25,26);1H. The van der Waals surface area contributed by atoms with Gasteiger partial charge in [0, 0.05) is 31.5 Å². The molecule has 0 aliphatic carbocycles. The summed E-state index contributed by atoms with van der Waals surface area (Å²) >= 11 is 0. The van der Waals surface area contributed by atoms with Crippen molar-refractivity contribution in [2.75, 3.05) is 6.54 Å². The summed E-state index contributed by atoms with van der Waals surface area (Å²) in [5, 5.41) is 10.7. The van der Waals surface area contributed by atoms with Gasteiger partial charge in [-0.2, -0.15) is 0 Å². The van der Waals surface area contributed by atoms with Crippen molar-refractivity contribution in [3.63, 3.8) is 0 Å². The van der Waals surface area contributed by atoms with Crippen LogP contribution in [0.25, 0.3) is 0 Å². The van der Waals surface area contributed by atoms with Gasteiger partial charge in [0.1, 0.15) is 12.4 Å². The predicted molar refractivity (Wildman–Crippen MR) is 130 cm³/mol. The number of aromatic nitrogens is 3. The van der Waals surface area contributed by atoms with Crippen LogP contribution in [0.4, 0.5) is 0 Å². The van der Waals surface area contributed by atoms with E-state index in [0.717, 1.165) is 42.7 Å². The smallest absolute Gasteiger partial charge is 0.192 e. The summed E-state index contributed by atoms with van der Waals surface area (Å²) in [5.74, 6) is 2.82. The number of aliphatic imine (C=N–C) groups is 1. The van der Waals surface area contributed by atoms with Crippen LogP contribution in [0.2, 0.25) is 0 Å². The van der Waals surface area contributed by atoms with E-state index in [1.165, 1.54) is 5.56 Å². The Kier molecular flexibility index (Phi) is 9.85. The van der Waals surface area contributed by atoms with Crippen molar-refractivity contribution in [1.82, 2.24) is 25.3 Å². The van der Waals surface area contributed by atoms with Crippen molar-refractivity contribution in [2.45, 2.75) is 52.7 Å². The second kappa shape index (κ2) is 12.4. The van der Waals surface area contributed by atoms with E-state index in [9.17, 15) is 0 Å². The Morgan fingerprint density at radius 2 is 2.00 bits per heavy atom. The molecule has 0 saturated carbocycles. The van der Waals surface area contributed by atoms with Gasteiger partial charge in [-0.3, -0.25) is 0 Å². The molecular formula is C22H31IN6O. The molecule has 2 heterocycles. The highest BCUT2D eigenvalue weighted by Crippen LogP contribution is 2.13. The van der Waals surface area contributed by atoms with Crippen molar-refractivity contribution < 1.29 is 4.52 Å². The van der Waals surface area contributed by atoms with E-state index < -0.39 is 0 Å². The monoisotopic (exact) mass is 522 g/mol. The van der Waals surface area contributed by atoms with Crippen LogP contribution in [-0.2, 0) is 26.1 Å². The lowest BCUT2D eigenvalue weighted by atomic mass is 10.1. The Morgan fingerprint density at radius 1 is 1.20 bits per heavy atom. The SMILES string of the molecule is CCNC(=NCc1nccn1CCc1ccccc1)NCc1cc(C(C)C)no1.I. The second-order valence-electron chi connectivity index (χ2n) is 7.19. The van der Waals surface area contributed by atoms with E-state index in [-0.39, 0.29) is 24.0 Å². The minimum Gasteiger partial charge on any atom is -0.359 e. The first-order chi connectivity index (χ1) is 14.2. The molecule has 0 atom stereocenters. The Hall–Kier alpha value is -2.36. The number of guanidine groups is 1. The number of aryl methyl sites for hydroxylation is 2. The number of imidazole rings is 1. The molecular weight excluding hydrogens is 491 g/mol. The molecule has 3 aromatic rings. The number of hydrogen-bond acceptors (Lipinski definition) is 4. The van der Waals surface area contributed by atoms with E-state index in [4.69, 9.17) is 4.52 Å². The lowest BCUT2D eigenvalue weighted by Crippen LogP contribution is -2.36. The molecule has 2 N–H and O–H groups in total. The molecule has 8 heteroatoms. The van der Waals surface area contributed by atoms with Crippen LogP contribution in [0.3, 0.4) is 0 Å². The number of nitrogens with one attached hydrogen (secondary N) is 2. The van der Waals surface area contributed by atoms with Gasteiger partial charge in [-0.15, -0.1) is 24.0 Å². The summed E-state index contributed by atoms with van der Waals surface area (Å²) in [7, 11) is 0. The normalized spacial score (nSPS) is 11.4. The van der Waals surface area contributed by atoms with Gasteiger partial charge in [-0.05, 0) is 24.8 Å². The third-order valence-corrected chi connectivity index (χ3v) is 4.61. The Bertz CT molecular complexity index is 903. The zero-order chi connectivity index (χ0) is 20.5. The fraction of sp³-hybridized carbons (Fsp3) is 0.409. The maximum absolute atomic E-state index is 5.39. The molecule has 0 spiro atoms. The van der Waals surface area contributed by atoms with E-state index in [0.29, 0.717) is 19.0 Å². The van der Waals surface area contributed by atoms with Crippen molar-refractivity contribution in [3.05, 3.63) is 71.6 Å². The van der Waals surface area contributed by atoms with Crippen LogP contribution in [0.15, 0.2) is 58.3 Å². The summed E-state index contributed by atoms with van der Waals surface area (Å²) in [6, 6.07) is 12.5. The van der Waals surface area contributed by atoms with Crippen LogP contribution in [0.5, 0.6) is 0 Å². The van der Waals surface area contributed by atoms with E-state index in [2.05, 4.69) is 68.4 Å². The minimum absolute atomic E-state index is 0. The van der Waals surface area contributed by atoms with Crippen LogP contribution in [-0.4, -0.2) is 27.2 Å². The molecule has 7 nitrogen and oxygen atoms in total. The third-order valence-electron chi connectivity index (χ3n) is 4.61. The van der Waals surface area contributed by atoms with Crippen molar-refractivity contribution in [3.8, 4) is 0 Å². The Balaban J connectivity index is 0.00000320. The summed E-state index contributed by atoms with van der Waals surface area (Å²) in [6.07, 6.45) is 4.81. The molecule has 0 aliphatic heterocycles. The van der Waals surface area contributed by atoms with Gasteiger partial charge in [0.05, 0.1) is 12.2 Å². The molecule has 1 aromatic carbocycles. The second-order valence-corrected chi connectivity index (χ2v) is 7.19. The summed E-state index contributed by atoms with van der Waals surface area (Å²) < 4.78 is 7.54. The Morgan fingerprint density at radius 3 is 2.70 bits per heavy atom. The minimum atomic E-state index is 0. The quantitative estimate of drug-likeness (QED) is 0.251. The molecule has 0 fully saturated rings. The average Bonchev–Trinajstić information content (AvgIpc) is 3.39. The lowest BCUT2D eigenvalue weighted by molar-refractivity contribution is 0.372. The zero-order valence-electron chi connectivity index (χ0n) is 17.8. The molecule has 0 saturated heterocycles. The lowest BCUT2D eigenvalue weighted by Gasteiger charge is -2.11. The highest BCUT2D eigenvalue weighted by molar-refractivity contribution is 14.0. The van der Waals surface area contributed by atoms with Crippen LogP contribution in [0.1, 0.15) is 49.5 Å². The van der Waals surface area contributed by atoms with Crippen LogP contribution < -0.4 is 10.6 Å². The number of halogens is 1. The van der Waals surface area contributed by atoms with Gasteiger partial charge in [-0.25, -0.2) is 9.98 Å². The highest BCUT2D eigenvalue weighted by Gasteiger charge is 2.09. The molecule has 0 unspecified atom stereocenters. The molecule has 3 rings (SSSR count). The van der Waals surface area contributed by atoms with Crippen LogP contribution in [0, 0.1) is 0 Å². The van der Waals surface area contributed by atoms with Crippen molar-refractivity contribution in [1.29, 1.82) is 0 Å². The van der Waals surface area contributed by atoms with Gasteiger partial charge >= 0.3 is 0 Å². The molecule has 0 amide bonds. The van der Waals surface area contributed by atoms with Gasteiger partial charge in [0.2, 0.25) is 0 Å². The van der Waals surface area contributed by atoms with E-state index in [1.54, 1.807) is 0 Å². The maximum atomic E-state index is 5.39. The highest BCUT2D eigenvalue weighted by atomic mass is 127. The van der Waals surface area contributed by atoms with E-state index >= 15 is 0 Å². The van der Waals surface area contributed by atoms with Crippen molar-refractivity contribution in [2.24, 2.45) is 4.99 Å². The fourth-order valence-corrected chi connectivity index (χ4v) is 2.94. The topological polar surface area (TPSA) is 80.3 Å². The number of hydrogen-bond donors (Lipinski definition) is 2. The molecule has 0 radical (unpaired) electrons. The summed E-state index contributed by atoms with van der Waals surface area (Å²) in [4.78, 5) is 9.15. The number of nitrogens with zero attached hydrogens (tertiary/aromatic N) is 4. The predicted octanol–water partition coefficient (Wildman–Crippen LogP) is 4.11. The van der Waals surface area contributed by atoms with Crippen molar-refractivity contribution >= 4 is 29.9 Å². The van der Waals surface area contributed by atoms with Crippen LogP contribution >= 0.6 is 24.0 Å². The number of benzene rings is 1. The Labute approximate surface area is 195 Å². The first-order valence-corrected chi connectivity index (χ1v) is 10.2. The first-order valence-electron chi connectivity index (χ1n) is 10.2.